The Morgan fingerprint density at radius 1 is 1.11 bits per heavy atom. The average molecular weight is 371 g/mol. The number of carbonyl (C=O) groups is 1. The van der Waals surface area contributed by atoms with Crippen LogP contribution in [0.25, 0.3) is 0 Å². The molecule has 0 unspecified atom stereocenters. The Bertz CT molecular complexity index is 791. The second-order valence-corrected chi connectivity index (χ2v) is 6.19. The molecule has 144 valence electrons. The number of rotatable bonds is 6. The van der Waals surface area contributed by atoms with E-state index >= 15 is 0 Å². The van der Waals surface area contributed by atoms with Crippen molar-refractivity contribution < 1.29 is 14.3 Å². The molecule has 1 N–H and O–H groups in total. The summed E-state index contributed by atoms with van der Waals surface area (Å²) in [6.45, 7) is 6.36. The van der Waals surface area contributed by atoms with Crippen molar-refractivity contribution >= 4 is 17.5 Å². The topological polar surface area (TPSA) is 79.8 Å². The fourth-order valence-electron chi connectivity index (χ4n) is 3.01. The van der Waals surface area contributed by atoms with Crippen LogP contribution in [0.2, 0.25) is 0 Å². The first-order valence-corrected chi connectivity index (χ1v) is 8.98. The summed E-state index contributed by atoms with van der Waals surface area (Å²) >= 11 is 0. The number of carbonyl (C=O) groups excluding carboxylic acids is 1. The molecule has 0 atom stereocenters. The second kappa shape index (κ2) is 8.68. The molecule has 27 heavy (non-hydrogen) atoms. The van der Waals surface area contributed by atoms with Crippen LogP contribution < -0.4 is 14.8 Å². The van der Waals surface area contributed by atoms with E-state index in [1.165, 1.54) is 0 Å². The third-order valence-electron chi connectivity index (χ3n) is 4.62. The Kier molecular flexibility index (Phi) is 6.08. The highest BCUT2D eigenvalue weighted by molar-refractivity contribution is 5.92. The number of benzene rings is 1. The number of nitrogens with zero attached hydrogens (tertiary/aromatic N) is 4. The molecule has 0 spiro atoms. The fraction of sp³-hybridized carbons (Fsp3) is 0.421. The summed E-state index contributed by atoms with van der Waals surface area (Å²) in [5.41, 5.74) is 1.13. The minimum atomic E-state index is -0.0662. The van der Waals surface area contributed by atoms with Crippen LogP contribution in [0.1, 0.15) is 17.4 Å². The van der Waals surface area contributed by atoms with Gasteiger partial charge in [-0.3, -0.25) is 4.79 Å². The van der Waals surface area contributed by atoms with Crippen LogP contribution in [0.15, 0.2) is 30.5 Å². The van der Waals surface area contributed by atoms with E-state index in [-0.39, 0.29) is 5.91 Å². The molecule has 2 heterocycles. The molecule has 1 aliphatic heterocycles. The van der Waals surface area contributed by atoms with Crippen LogP contribution in [0.5, 0.6) is 11.5 Å². The first kappa shape index (κ1) is 18.9. The van der Waals surface area contributed by atoms with Gasteiger partial charge in [0.2, 0.25) is 5.95 Å². The maximum atomic E-state index is 12.7. The molecule has 1 fully saturated rings. The first-order valence-electron chi connectivity index (χ1n) is 8.98. The van der Waals surface area contributed by atoms with E-state index in [0.717, 1.165) is 38.4 Å². The monoisotopic (exact) mass is 371 g/mol. The highest BCUT2D eigenvalue weighted by Crippen LogP contribution is 2.30. The van der Waals surface area contributed by atoms with E-state index in [4.69, 9.17) is 9.47 Å². The number of anilines is 2. The Balaban J connectivity index is 1.71. The summed E-state index contributed by atoms with van der Waals surface area (Å²) in [6.07, 6.45) is 1.59. The summed E-state index contributed by atoms with van der Waals surface area (Å²) < 4.78 is 10.5. The molecule has 0 radical (unpaired) electrons. The molecule has 0 saturated carbocycles. The van der Waals surface area contributed by atoms with E-state index in [1.807, 2.05) is 11.0 Å². The molecule has 3 rings (SSSR count). The summed E-state index contributed by atoms with van der Waals surface area (Å²) in [4.78, 5) is 25.5. The summed E-state index contributed by atoms with van der Waals surface area (Å²) in [5, 5.41) is 3.11. The molecule has 1 saturated heterocycles. The second-order valence-electron chi connectivity index (χ2n) is 6.19. The summed E-state index contributed by atoms with van der Waals surface area (Å²) in [5.74, 6) is 1.53. The van der Waals surface area contributed by atoms with Crippen LogP contribution >= 0.6 is 0 Å². The van der Waals surface area contributed by atoms with E-state index in [2.05, 4.69) is 27.1 Å². The van der Waals surface area contributed by atoms with Gasteiger partial charge in [0.15, 0.2) is 11.5 Å². The van der Waals surface area contributed by atoms with E-state index in [0.29, 0.717) is 23.1 Å². The maximum absolute atomic E-state index is 12.7. The van der Waals surface area contributed by atoms with Crippen molar-refractivity contribution in [3.63, 3.8) is 0 Å². The van der Waals surface area contributed by atoms with Gasteiger partial charge in [-0.1, -0.05) is 6.92 Å². The zero-order valence-corrected chi connectivity index (χ0v) is 15.9. The van der Waals surface area contributed by atoms with Gasteiger partial charge in [-0.15, -0.1) is 0 Å². The van der Waals surface area contributed by atoms with Gasteiger partial charge in [-0.2, -0.15) is 0 Å². The average Bonchev–Trinajstić information content (AvgIpc) is 2.73. The van der Waals surface area contributed by atoms with Gasteiger partial charge in [0.1, 0.15) is 5.69 Å². The van der Waals surface area contributed by atoms with Crippen molar-refractivity contribution in [3.05, 3.63) is 36.2 Å². The number of hydrogen-bond acceptors (Lipinski definition) is 7. The Labute approximate surface area is 159 Å². The number of methoxy groups -OCH3 is 2. The van der Waals surface area contributed by atoms with Crippen LogP contribution in [-0.4, -0.2) is 72.6 Å². The lowest BCUT2D eigenvalue weighted by molar-refractivity contribution is 0.0637. The van der Waals surface area contributed by atoms with Gasteiger partial charge in [-0.05, 0) is 24.7 Å². The standard InChI is InChI=1S/C19H25N5O3/c1-4-23-9-11-24(12-10-23)18(25)15-7-8-20-19(22-15)21-14-5-6-16(26-2)17(13-14)27-3/h5-8,13H,4,9-12H2,1-3H3,(H,20,21,22). The van der Waals surface area contributed by atoms with Crippen molar-refractivity contribution in [2.45, 2.75) is 6.92 Å². The number of aromatic nitrogens is 2. The quantitative estimate of drug-likeness (QED) is 0.832. The van der Waals surface area contributed by atoms with Crippen molar-refractivity contribution in [3.8, 4) is 11.5 Å². The highest BCUT2D eigenvalue weighted by atomic mass is 16.5. The third kappa shape index (κ3) is 4.46. The highest BCUT2D eigenvalue weighted by Gasteiger charge is 2.22. The molecule has 0 bridgehead atoms. The molecule has 1 aromatic heterocycles. The maximum Gasteiger partial charge on any atom is 0.272 e. The molecule has 8 nitrogen and oxygen atoms in total. The Morgan fingerprint density at radius 2 is 1.85 bits per heavy atom. The third-order valence-corrected chi connectivity index (χ3v) is 4.62. The number of amides is 1. The molecule has 8 heteroatoms. The summed E-state index contributed by atoms with van der Waals surface area (Å²) in [7, 11) is 3.17. The number of likely N-dealkylation sites (N-methyl/N-ethyl adjacent to an activating group) is 1. The minimum Gasteiger partial charge on any atom is -0.493 e. The van der Waals surface area contributed by atoms with E-state index in [1.54, 1.807) is 38.6 Å². The molecule has 1 aliphatic rings. The van der Waals surface area contributed by atoms with Crippen LogP contribution in [0, 0.1) is 0 Å². The Hall–Kier alpha value is -2.87. The van der Waals surface area contributed by atoms with E-state index < -0.39 is 0 Å². The number of nitrogens with one attached hydrogen (secondary N) is 1. The first-order chi connectivity index (χ1) is 13.1. The Morgan fingerprint density at radius 3 is 2.52 bits per heavy atom. The van der Waals surface area contributed by atoms with Crippen molar-refractivity contribution in [2.75, 3.05) is 52.3 Å². The van der Waals surface area contributed by atoms with Crippen molar-refractivity contribution in [2.24, 2.45) is 0 Å². The lowest BCUT2D eigenvalue weighted by Crippen LogP contribution is -2.48. The van der Waals surface area contributed by atoms with Gasteiger partial charge in [0, 0.05) is 44.1 Å². The smallest absolute Gasteiger partial charge is 0.272 e. The molecular weight excluding hydrogens is 346 g/mol. The van der Waals surface area contributed by atoms with Crippen molar-refractivity contribution in [1.82, 2.24) is 19.8 Å². The molecular formula is C19H25N5O3. The zero-order valence-electron chi connectivity index (χ0n) is 15.9. The van der Waals surface area contributed by atoms with Gasteiger partial charge >= 0.3 is 0 Å². The van der Waals surface area contributed by atoms with Gasteiger partial charge in [-0.25, -0.2) is 9.97 Å². The predicted molar refractivity (Wildman–Crippen MR) is 103 cm³/mol. The lowest BCUT2D eigenvalue weighted by atomic mass is 10.2. The minimum absolute atomic E-state index is 0.0662. The van der Waals surface area contributed by atoms with Gasteiger partial charge in [0.05, 0.1) is 14.2 Å². The van der Waals surface area contributed by atoms with Gasteiger partial charge < -0.3 is 24.6 Å². The molecule has 1 aromatic carbocycles. The normalized spacial score (nSPS) is 14.7. The number of hydrogen-bond donors (Lipinski definition) is 1. The lowest BCUT2D eigenvalue weighted by Gasteiger charge is -2.33. The zero-order chi connectivity index (χ0) is 19.2. The fourth-order valence-corrected chi connectivity index (χ4v) is 3.01. The van der Waals surface area contributed by atoms with Gasteiger partial charge in [0.25, 0.3) is 5.91 Å². The molecule has 1 amide bonds. The molecule has 2 aromatic rings. The number of ether oxygens (including phenoxy) is 2. The van der Waals surface area contributed by atoms with E-state index in [9.17, 15) is 4.79 Å². The summed E-state index contributed by atoms with van der Waals surface area (Å²) in [6, 6.07) is 7.07. The van der Waals surface area contributed by atoms with Crippen molar-refractivity contribution in [1.29, 1.82) is 0 Å². The largest absolute Gasteiger partial charge is 0.493 e. The predicted octanol–water partition coefficient (Wildman–Crippen LogP) is 2.02. The van der Waals surface area contributed by atoms with Crippen LogP contribution in [0.4, 0.5) is 11.6 Å². The number of piperazine rings is 1. The van der Waals surface area contributed by atoms with Crippen LogP contribution in [-0.2, 0) is 0 Å². The van der Waals surface area contributed by atoms with Crippen LogP contribution in [0.3, 0.4) is 0 Å². The SMILES string of the molecule is CCN1CCN(C(=O)c2ccnc(Nc3ccc(OC)c(OC)c3)n2)CC1. The molecule has 0 aliphatic carbocycles.